The molecule has 1 N–H and O–H groups in total. The number of hydrazone groups is 1. The van der Waals surface area contributed by atoms with Crippen molar-refractivity contribution in [2.75, 3.05) is 6.61 Å². The van der Waals surface area contributed by atoms with Gasteiger partial charge in [0.1, 0.15) is 17.3 Å². The summed E-state index contributed by atoms with van der Waals surface area (Å²) in [6.07, 6.45) is 1.43. The minimum Gasteiger partial charge on any atom is -0.484 e. The van der Waals surface area contributed by atoms with Crippen LogP contribution in [0.2, 0.25) is 5.02 Å². The molecule has 7 heteroatoms. The summed E-state index contributed by atoms with van der Waals surface area (Å²) in [5.74, 6) is 1.40. The van der Waals surface area contributed by atoms with Gasteiger partial charge in [-0.3, -0.25) is 4.79 Å². The molecule has 1 aromatic heterocycles. The van der Waals surface area contributed by atoms with E-state index < -0.39 is 0 Å². The van der Waals surface area contributed by atoms with Crippen LogP contribution in [-0.4, -0.2) is 18.7 Å². The normalized spacial score (nSPS) is 10.9. The lowest BCUT2D eigenvalue weighted by Crippen LogP contribution is -2.24. The molecular weight excluding hydrogens is 432 g/mol. The van der Waals surface area contributed by atoms with Gasteiger partial charge in [0.25, 0.3) is 5.91 Å². The van der Waals surface area contributed by atoms with E-state index in [2.05, 4.69) is 26.5 Å². The van der Waals surface area contributed by atoms with E-state index in [-0.39, 0.29) is 12.5 Å². The zero-order chi connectivity index (χ0) is 19.2. The second-order valence-corrected chi connectivity index (χ2v) is 7.03. The topological polar surface area (TPSA) is 63.8 Å². The van der Waals surface area contributed by atoms with E-state index in [1.807, 2.05) is 43.3 Å². The molecular formula is C20H16BrClN2O3. The average molecular weight is 448 g/mol. The molecule has 5 nitrogen and oxygen atoms in total. The molecule has 138 valence electrons. The van der Waals surface area contributed by atoms with Crippen molar-refractivity contribution in [3.63, 3.8) is 0 Å². The number of nitrogens with one attached hydrogen (secondary N) is 1. The van der Waals surface area contributed by atoms with Crippen LogP contribution in [-0.2, 0) is 4.79 Å². The Morgan fingerprint density at radius 2 is 2.11 bits per heavy atom. The summed E-state index contributed by atoms with van der Waals surface area (Å²) in [5.41, 5.74) is 4.27. The summed E-state index contributed by atoms with van der Waals surface area (Å²) in [7, 11) is 0. The fourth-order valence-electron chi connectivity index (χ4n) is 2.23. The number of benzene rings is 2. The smallest absolute Gasteiger partial charge is 0.277 e. The summed E-state index contributed by atoms with van der Waals surface area (Å²) in [5, 5.41) is 4.55. The molecule has 0 aliphatic carbocycles. The summed E-state index contributed by atoms with van der Waals surface area (Å²) in [4.78, 5) is 11.8. The van der Waals surface area contributed by atoms with E-state index in [0.29, 0.717) is 22.3 Å². The van der Waals surface area contributed by atoms with Crippen molar-refractivity contribution in [1.82, 2.24) is 5.43 Å². The Labute approximate surface area is 170 Å². The summed E-state index contributed by atoms with van der Waals surface area (Å²) in [6, 6.07) is 16.5. The highest BCUT2D eigenvalue weighted by Gasteiger charge is 2.06. The summed E-state index contributed by atoms with van der Waals surface area (Å²) in [6.45, 7) is 1.80. The molecule has 0 aliphatic rings. The first kappa shape index (κ1) is 19.2. The van der Waals surface area contributed by atoms with Crippen LogP contribution in [0.1, 0.15) is 11.3 Å². The number of ether oxygens (including phenoxy) is 1. The molecule has 0 unspecified atom stereocenters. The SMILES string of the molecule is Cc1ccc(-c2ccc(/C=N\NC(=O)COc3cccc(Br)c3)o2)cc1Cl. The largest absolute Gasteiger partial charge is 0.484 e. The Hall–Kier alpha value is -2.57. The summed E-state index contributed by atoms with van der Waals surface area (Å²) >= 11 is 9.48. The third-order valence-corrected chi connectivity index (χ3v) is 4.53. The number of rotatable bonds is 6. The second kappa shape index (κ2) is 8.88. The summed E-state index contributed by atoms with van der Waals surface area (Å²) < 4.78 is 12.0. The van der Waals surface area contributed by atoms with Gasteiger partial charge in [-0.15, -0.1) is 0 Å². The first-order valence-electron chi connectivity index (χ1n) is 8.08. The van der Waals surface area contributed by atoms with Crippen molar-refractivity contribution in [3.8, 4) is 17.1 Å². The highest BCUT2D eigenvalue weighted by atomic mass is 79.9. The molecule has 3 aromatic rings. The third-order valence-electron chi connectivity index (χ3n) is 3.63. The van der Waals surface area contributed by atoms with Crippen LogP contribution in [0.4, 0.5) is 0 Å². The van der Waals surface area contributed by atoms with Gasteiger partial charge in [0.05, 0.1) is 6.21 Å². The van der Waals surface area contributed by atoms with Crippen LogP contribution >= 0.6 is 27.5 Å². The van der Waals surface area contributed by atoms with Crippen LogP contribution in [0.15, 0.2) is 68.6 Å². The zero-order valence-corrected chi connectivity index (χ0v) is 16.8. The predicted molar refractivity (Wildman–Crippen MR) is 109 cm³/mol. The molecule has 0 atom stereocenters. The lowest BCUT2D eigenvalue weighted by molar-refractivity contribution is -0.123. The lowest BCUT2D eigenvalue weighted by atomic mass is 10.1. The molecule has 3 rings (SSSR count). The highest BCUT2D eigenvalue weighted by Crippen LogP contribution is 2.26. The Morgan fingerprint density at radius 3 is 2.89 bits per heavy atom. The molecule has 27 heavy (non-hydrogen) atoms. The van der Waals surface area contributed by atoms with Gasteiger partial charge in [-0.1, -0.05) is 45.7 Å². The van der Waals surface area contributed by atoms with Gasteiger partial charge in [-0.2, -0.15) is 5.10 Å². The molecule has 2 aromatic carbocycles. The zero-order valence-electron chi connectivity index (χ0n) is 14.4. The van der Waals surface area contributed by atoms with E-state index in [1.54, 1.807) is 18.2 Å². The van der Waals surface area contributed by atoms with Crippen LogP contribution in [0.3, 0.4) is 0 Å². The third kappa shape index (κ3) is 5.45. The van der Waals surface area contributed by atoms with Crippen LogP contribution in [0.25, 0.3) is 11.3 Å². The van der Waals surface area contributed by atoms with Crippen LogP contribution in [0.5, 0.6) is 5.75 Å². The maximum Gasteiger partial charge on any atom is 0.277 e. The Bertz CT molecular complexity index is 985. The molecule has 0 radical (unpaired) electrons. The molecule has 0 bridgehead atoms. The molecule has 0 fully saturated rings. The van der Waals surface area contributed by atoms with E-state index in [9.17, 15) is 4.79 Å². The predicted octanol–water partition coefficient (Wildman–Crippen LogP) is 5.20. The van der Waals surface area contributed by atoms with Crippen molar-refractivity contribution in [1.29, 1.82) is 0 Å². The van der Waals surface area contributed by atoms with Crippen molar-refractivity contribution in [2.24, 2.45) is 5.10 Å². The molecule has 0 saturated carbocycles. The number of halogens is 2. The average Bonchev–Trinajstić information content (AvgIpc) is 3.11. The Morgan fingerprint density at radius 1 is 1.26 bits per heavy atom. The Balaban J connectivity index is 1.53. The van der Waals surface area contributed by atoms with Crippen LogP contribution in [0, 0.1) is 6.92 Å². The molecule has 1 heterocycles. The monoisotopic (exact) mass is 446 g/mol. The van der Waals surface area contributed by atoms with Gasteiger partial charge >= 0.3 is 0 Å². The first-order chi connectivity index (χ1) is 13.0. The van der Waals surface area contributed by atoms with E-state index in [1.165, 1.54) is 6.21 Å². The second-order valence-electron chi connectivity index (χ2n) is 5.71. The highest BCUT2D eigenvalue weighted by molar-refractivity contribution is 9.10. The fourth-order valence-corrected chi connectivity index (χ4v) is 2.79. The molecule has 1 amide bonds. The molecule has 0 spiro atoms. The van der Waals surface area contributed by atoms with Gasteiger partial charge in [0, 0.05) is 15.1 Å². The number of carbonyl (C=O) groups excluding carboxylic acids is 1. The fraction of sp³-hybridized carbons (Fsp3) is 0.100. The Kier molecular flexibility index (Phi) is 6.32. The molecule has 0 saturated heterocycles. The quantitative estimate of drug-likeness (QED) is 0.417. The van der Waals surface area contributed by atoms with Gasteiger partial charge in [-0.05, 0) is 48.9 Å². The maximum absolute atomic E-state index is 11.8. The van der Waals surface area contributed by atoms with Gasteiger partial charge in [-0.25, -0.2) is 5.43 Å². The standard InChI is InChI=1S/C20H16BrClN2O3/c1-13-5-6-14(9-18(13)22)19-8-7-17(27-19)11-23-24-20(25)12-26-16-4-2-3-15(21)10-16/h2-11H,12H2,1H3,(H,24,25)/b23-11-. The number of carbonyl (C=O) groups is 1. The number of nitrogens with zero attached hydrogens (tertiary/aromatic N) is 1. The number of amides is 1. The minimum atomic E-state index is -0.372. The maximum atomic E-state index is 11.8. The number of aryl methyl sites for hydroxylation is 1. The van der Waals surface area contributed by atoms with Gasteiger partial charge in [0.15, 0.2) is 6.61 Å². The lowest BCUT2D eigenvalue weighted by Gasteiger charge is -2.04. The number of hydrogen-bond acceptors (Lipinski definition) is 4. The molecule has 0 aliphatic heterocycles. The van der Waals surface area contributed by atoms with Crippen molar-refractivity contribution in [3.05, 3.63) is 75.4 Å². The van der Waals surface area contributed by atoms with Gasteiger partial charge < -0.3 is 9.15 Å². The minimum absolute atomic E-state index is 0.140. The van der Waals surface area contributed by atoms with Gasteiger partial charge in [0.2, 0.25) is 0 Å². The van der Waals surface area contributed by atoms with Crippen molar-refractivity contribution < 1.29 is 13.9 Å². The van der Waals surface area contributed by atoms with E-state index in [0.717, 1.165) is 15.6 Å². The van der Waals surface area contributed by atoms with Crippen molar-refractivity contribution >= 4 is 39.7 Å². The van der Waals surface area contributed by atoms with E-state index >= 15 is 0 Å². The number of furan rings is 1. The van der Waals surface area contributed by atoms with Crippen molar-refractivity contribution in [2.45, 2.75) is 6.92 Å². The van der Waals surface area contributed by atoms with Crippen LogP contribution < -0.4 is 10.2 Å². The number of hydrogen-bond donors (Lipinski definition) is 1. The first-order valence-corrected chi connectivity index (χ1v) is 9.25. The van der Waals surface area contributed by atoms with E-state index in [4.69, 9.17) is 20.8 Å².